The van der Waals surface area contributed by atoms with E-state index in [1.54, 1.807) is 0 Å². The fourth-order valence-electron chi connectivity index (χ4n) is 8.70. The molecular weight excluding hydrogens is 703 g/mol. The largest absolute Gasteiger partial charge is 0.456 e. The zero-order valence-electron chi connectivity index (χ0n) is 31.7. The van der Waals surface area contributed by atoms with Crippen LogP contribution in [0.25, 0.3) is 88.0 Å². The Morgan fingerprint density at radius 1 is 0.293 bits per heavy atom. The first-order valence-electron chi connectivity index (χ1n) is 19.8. The summed E-state index contributed by atoms with van der Waals surface area (Å²) in [6.45, 7) is 0. The Kier molecular flexibility index (Phi) is 8.19. The van der Waals surface area contributed by atoms with Crippen molar-refractivity contribution < 1.29 is 4.42 Å². The van der Waals surface area contributed by atoms with Gasteiger partial charge in [0.05, 0.1) is 16.8 Å². The van der Waals surface area contributed by atoms with Crippen LogP contribution in [0, 0.1) is 0 Å². The molecule has 0 aliphatic rings. The highest BCUT2D eigenvalue weighted by Crippen LogP contribution is 2.47. The summed E-state index contributed by atoms with van der Waals surface area (Å²) < 4.78 is 6.46. The standard InChI is InChI=1S/C56H37NO/c1-2-13-41(14-3-1)51-37-44(38-27-29-42(30-28-38)48-22-10-17-39-15-4-6-19-46(39)48)33-36-52(51)57(53-24-12-26-55-56(53)50-21-8-9-25-54(50)58-55)45-34-31-43(32-35-45)49-23-11-18-40-16-5-7-20-47(40)49/h1-37H. The normalized spacial score (nSPS) is 11.4. The molecule has 0 saturated carbocycles. The lowest BCUT2D eigenvalue weighted by Gasteiger charge is -2.29. The first kappa shape index (κ1) is 33.6. The number of hydrogen-bond donors (Lipinski definition) is 0. The summed E-state index contributed by atoms with van der Waals surface area (Å²) in [5.41, 5.74) is 14.4. The molecule has 1 heterocycles. The van der Waals surface area contributed by atoms with E-state index >= 15 is 0 Å². The summed E-state index contributed by atoms with van der Waals surface area (Å²) in [7, 11) is 0. The van der Waals surface area contributed by atoms with Gasteiger partial charge >= 0.3 is 0 Å². The van der Waals surface area contributed by atoms with Gasteiger partial charge in [-0.2, -0.15) is 0 Å². The first-order valence-corrected chi connectivity index (χ1v) is 19.8. The van der Waals surface area contributed by atoms with Crippen molar-refractivity contribution in [1.82, 2.24) is 0 Å². The molecule has 2 heteroatoms. The summed E-state index contributed by atoms with van der Waals surface area (Å²) in [6, 6.07) is 80.7. The van der Waals surface area contributed by atoms with Crippen molar-refractivity contribution in [3.05, 3.63) is 224 Å². The first-order chi connectivity index (χ1) is 28.8. The Labute approximate surface area is 337 Å². The lowest BCUT2D eigenvalue weighted by atomic mass is 9.93. The van der Waals surface area contributed by atoms with E-state index in [-0.39, 0.29) is 0 Å². The van der Waals surface area contributed by atoms with Gasteiger partial charge in [0.1, 0.15) is 11.2 Å². The summed E-state index contributed by atoms with van der Waals surface area (Å²) in [5, 5.41) is 7.17. The molecule has 0 radical (unpaired) electrons. The van der Waals surface area contributed by atoms with E-state index < -0.39 is 0 Å². The van der Waals surface area contributed by atoms with Crippen LogP contribution >= 0.6 is 0 Å². The maximum absolute atomic E-state index is 6.46. The van der Waals surface area contributed by atoms with Crippen LogP contribution in [0.3, 0.4) is 0 Å². The second-order valence-corrected chi connectivity index (χ2v) is 14.9. The predicted octanol–water partition coefficient (Wildman–Crippen LogP) is 16.0. The Balaban J connectivity index is 1.09. The van der Waals surface area contributed by atoms with E-state index in [1.165, 1.54) is 49.4 Å². The number of benzene rings is 10. The highest BCUT2D eigenvalue weighted by molar-refractivity contribution is 6.14. The highest BCUT2D eigenvalue weighted by atomic mass is 16.3. The average Bonchev–Trinajstić information content (AvgIpc) is 3.69. The van der Waals surface area contributed by atoms with Crippen molar-refractivity contribution in [2.75, 3.05) is 4.90 Å². The molecule has 272 valence electrons. The van der Waals surface area contributed by atoms with Crippen LogP contribution in [0.1, 0.15) is 0 Å². The van der Waals surface area contributed by atoms with Crippen molar-refractivity contribution in [3.63, 3.8) is 0 Å². The van der Waals surface area contributed by atoms with E-state index in [1.807, 2.05) is 6.07 Å². The topological polar surface area (TPSA) is 16.4 Å². The monoisotopic (exact) mass is 739 g/mol. The Hall–Kier alpha value is -7.68. The van der Waals surface area contributed by atoms with Crippen molar-refractivity contribution in [1.29, 1.82) is 0 Å². The van der Waals surface area contributed by atoms with Crippen molar-refractivity contribution in [3.8, 4) is 44.5 Å². The molecule has 1 aromatic heterocycles. The molecule has 0 fully saturated rings. The Morgan fingerprint density at radius 2 is 0.793 bits per heavy atom. The van der Waals surface area contributed by atoms with Crippen LogP contribution < -0.4 is 4.90 Å². The number of furan rings is 1. The van der Waals surface area contributed by atoms with Crippen molar-refractivity contribution >= 4 is 60.5 Å². The van der Waals surface area contributed by atoms with E-state index in [0.29, 0.717) is 0 Å². The van der Waals surface area contributed by atoms with Gasteiger partial charge in [0.25, 0.3) is 0 Å². The predicted molar refractivity (Wildman–Crippen MR) is 245 cm³/mol. The van der Waals surface area contributed by atoms with Gasteiger partial charge < -0.3 is 9.32 Å². The molecule has 0 bridgehead atoms. The smallest absolute Gasteiger partial charge is 0.137 e. The minimum absolute atomic E-state index is 0.861. The number of nitrogens with zero attached hydrogens (tertiary/aromatic N) is 1. The molecule has 0 amide bonds. The molecule has 0 aliphatic carbocycles. The third-order valence-corrected chi connectivity index (χ3v) is 11.5. The fourth-order valence-corrected chi connectivity index (χ4v) is 8.70. The number of para-hydroxylation sites is 1. The van der Waals surface area contributed by atoms with Gasteiger partial charge in [-0.1, -0.05) is 182 Å². The zero-order chi connectivity index (χ0) is 38.4. The molecule has 0 aliphatic heterocycles. The quantitative estimate of drug-likeness (QED) is 0.162. The number of hydrogen-bond acceptors (Lipinski definition) is 2. The van der Waals surface area contributed by atoms with E-state index in [4.69, 9.17) is 4.42 Å². The summed E-state index contributed by atoms with van der Waals surface area (Å²) in [6.07, 6.45) is 0. The maximum atomic E-state index is 6.46. The lowest BCUT2D eigenvalue weighted by molar-refractivity contribution is 0.669. The molecule has 11 aromatic rings. The molecule has 0 saturated heterocycles. The molecule has 0 spiro atoms. The minimum Gasteiger partial charge on any atom is -0.456 e. The molecule has 10 aromatic carbocycles. The third-order valence-electron chi connectivity index (χ3n) is 11.5. The van der Waals surface area contributed by atoms with E-state index in [2.05, 4.69) is 223 Å². The van der Waals surface area contributed by atoms with Crippen LogP contribution in [0.4, 0.5) is 17.1 Å². The van der Waals surface area contributed by atoms with Gasteiger partial charge in [-0.3, -0.25) is 0 Å². The molecule has 0 unspecified atom stereocenters. The second-order valence-electron chi connectivity index (χ2n) is 14.9. The van der Waals surface area contributed by atoms with Crippen LogP contribution in [0.2, 0.25) is 0 Å². The molecule has 58 heavy (non-hydrogen) atoms. The van der Waals surface area contributed by atoms with Crippen molar-refractivity contribution in [2.45, 2.75) is 0 Å². The molecule has 11 rings (SSSR count). The van der Waals surface area contributed by atoms with Crippen LogP contribution in [-0.2, 0) is 0 Å². The number of fused-ring (bicyclic) bond motifs is 5. The van der Waals surface area contributed by atoms with Gasteiger partial charge in [0, 0.05) is 16.6 Å². The number of rotatable bonds is 7. The fraction of sp³-hybridized carbons (Fsp3) is 0. The summed E-state index contributed by atoms with van der Waals surface area (Å²) in [4.78, 5) is 2.41. The Bertz CT molecular complexity index is 3260. The second kappa shape index (κ2) is 14.1. The molecule has 0 N–H and O–H groups in total. The SMILES string of the molecule is c1ccc(-c2cc(-c3ccc(-c4cccc5ccccc45)cc3)ccc2N(c2ccc(-c3cccc4ccccc34)cc2)c2cccc3oc4ccccc4c23)cc1. The Morgan fingerprint density at radius 3 is 1.48 bits per heavy atom. The van der Waals surface area contributed by atoms with Gasteiger partial charge in [-0.05, 0) is 103 Å². The zero-order valence-corrected chi connectivity index (χ0v) is 31.7. The average molecular weight is 740 g/mol. The van der Waals surface area contributed by atoms with E-state index in [9.17, 15) is 0 Å². The third kappa shape index (κ3) is 5.82. The molecule has 0 atom stereocenters. The molecule has 2 nitrogen and oxygen atoms in total. The molecular formula is C56H37NO. The maximum Gasteiger partial charge on any atom is 0.137 e. The van der Waals surface area contributed by atoms with Gasteiger partial charge in [0.2, 0.25) is 0 Å². The van der Waals surface area contributed by atoms with Crippen LogP contribution in [-0.4, -0.2) is 0 Å². The van der Waals surface area contributed by atoms with Gasteiger partial charge in [-0.25, -0.2) is 0 Å². The van der Waals surface area contributed by atoms with Gasteiger partial charge in [0.15, 0.2) is 0 Å². The van der Waals surface area contributed by atoms with Crippen LogP contribution in [0.5, 0.6) is 0 Å². The van der Waals surface area contributed by atoms with Crippen molar-refractivity contribution in [2.24, 2.45) is 0 Å². The minimum atomic E-state index is 0.861. The number of anilines is 3. The lowest BCUT2D eigenvalue weighted by Crippen LogP contribution is -2.11. The van der Waals surface area contributed by atoms with Gasteiger partial charge in [-0.15, -0.1) is 0 Å². The van der Waals surface area contributed by atoms with Crippen LogP contribution in [0.15, 0.2) is 229 Å². The summed E-state index contributed by atoms with van der Waals surface area (Å²) >= 11 is 0. The summed E-state index contributed by atoms with van der Waals surface area (Å²) in [5.74, 6) is 0. The highest BCUT2D eigenvalue weighted by Gasteiger charge is 2.23. The van der Waals surface area contributed by atoms with E-state index in [0.717, 1.165) is 55.7 Å².